The van der Waals surface area contributed by atoms with Crippen molar-refractivity contribution in [2.24, 2.45) is 0 Å². The topological polar surface area (TPSA) is 66.6 Å². The molecule has 0 amide bonds. The van der Waals surface area contributed by atoms with Crippen LogP contribution in [0.3, 0.4) is 0 Å². The van der Waals surface area contributed by atoms with E-state index in [9.17, 15) is 0 Å². The predicted octanol–water partition coefficient (Wildman–Crippen LogP) is 11.3. The number of hydrogen-bond donors (Lipinski definition) is 2. The minimum atomic E-state index is -0.227. The number of nitrogens with zero attached hydrogens (tertiary/aromatic N) is 2. The fourth-order valence-corrected chi connectivity index (χ4v) is 8.81. The van der Waals surface area contributed by atoms with Crippen LogP contribution in [0.4, 0.5) is 0 Å². The number of hydrogen-bond acceptors (Lipinski definition) is 3. The van der Waals surface area contributed by atoms with E-state index in [0.29, 0.717) is 0 Å². The Morgan fingerprint density at radius 1 is 0.660 bits per heavy atom. The van der Waals surface area contributed by atoms with Crippen molar-refractivity contribution in [2.75, 3.05) is 7.11 Å². The minimum Gasteiger partial charge on any atom is -0.377 e. The van der Waals surface area contributed by atoms with Gasteiger partial charge < -0.3 is 14.7 Å². The van der Waals surface area contributed by atoms with Crippen LogP contribution in [-0.2, 0) is 35.8 Å². The van der Waals surface area contributed by atoms with Crippen LogP contribution >= 0.6 is 0 Å². The Bertz CT molecular complexity index is 2040. The Hall–Kier alpha value is -3.70. The summed E-state index contributed by atoms with van der Waals surface area (Å²) in [5.41, 5.74) is 19.7. The lowest BCUT2D eigenvalue weighted by Gasteiger charge is -2.31. The molecule has 2 aliphatic rings. The molecule has 5 heterocycles. The van der Waals surface area contributed by atoms with Gasteiger partial charge in [-0.1, -0.05) is 67.5 Å². The second-order valence-corrected chi connectivity index (χ2v) is 13.3. The summed E-state index contributed by atoms with van der Waals surface area (Å²) < 4.78 is 6.01. The highest BCUT2D eigenvalue weighted by atomic mass is 16.5. The maximum absolute atomic E-state index is 6.01. The van der Waals surface area contributed by atoms with Crippen LogP contribution in [0, 0.1) is 0 Å². The lowest BCUT2D eigenvalue weighted by atomic mass is 9.71. The molecule has 2 aliphatic heterocycles. The first-order chi connectivity index (χ1) is 22.8. The van der Waals surface area contributed by atoms with E-state index in [4.69, 9.17) is 14.7 Å². The third-order valence-electron chi connectivity index (χ3n) is 11.4. The molecule has 1 atom stereocenters. The van der Waals surface area contributed by atoms with E-state index in [0.717, 1.165) is 79.4 Å². The highest BCUT2D eigenvalue weighted by molar-refractivity contribution is 6.02. The molecule has 1 unspecified atom stereocenters. The number of H-pyrrole nitrogens is 2. The van der Waals surface area contributed by atoms with Crippen LogP contribution in [0.25, 0.3) is 44.1 Å². The Morgan fingerprint density at radius 2 is 1.19 bits per heavy atom. The van der Waals surface area contributed by atoms with Gasteiger partial charge >= 0.3 is 0 Å². The van der Waals surface area contributed by atoms with Crippen LogP contribution in [0.5, 0.6) is 0 Å². The summed E-state index contributed by atoms with van der Waals surface area (Å²) in [6.45, 7) is 20.5. The molecule has 248 valence electrons. The van der Waals surface area contributed by atoms with Crippen LogP contribution in [0.15, 0.2) is 30.3 Å². The second-order valence-electron chi connectivity index (χ2n) is 13.3. The molecule has 0 saturated carbocycles. The molecule has 2 N–H and O–H groups in total. The van der Waals surface area contributed by atoms with Gasteiger partial charge in [-0.15, -0.1) is 0 Å². The molecule has 5 nitrogen and oxygen atoms in total. The zero-order chi connectivity index (χ0) is 33.6. The molecule has 0 saturated heterocycles. The molecule has 47 heavy (non-hydrogen) atoms. The Kier molecular flexibility index (Phi) is 9.24. The highest BCUT2D eigenvalue weighted by Gasteiger charge is 2.41. The molecular formula is C42H54N4O. The van der Waals surface area contributed by atoms with E-state index in [1.54, 1.807) is 0 Å². The number of nitrogens with one attached hydrogen (secondary N) is 2. The molecule has 5 heteroatoms. The van der Waals surface area contributed by atoms with Crippen molar-refractivity contribution in [3.8, 4) is 0 Å². The Labute approximate surface area is 281 Å². The summed E-state index contributed by atoms with van der Waals surface area (Å²) in [4.78, 5) is 19.0. The van der Waals surface area contributed by atoms with Gasteiger partial charge in [0.1, 0.15) is 0 Å². The predicted molar refractivity (Wildman–Crippen MR) is 200 cm³/mol. The van der Waals surface area contributed by atoms with Crippen LogP contribution in [0.2, 0.25) is 0 Å². The van der Waals surface area contributed by atoms with Gasteiger partial charge in [-0.3, -0.25) is 4.98 Å². The van der Waals surface area contributed by atoms with Crippen LogP contribution < -0.4 is 0 Å². The third-order valence-corrected chi connectivity index (χ3v) is 11.4. The quantitative estimate of drug-likeness (QED) is 0.183. The second kappa shape index (κ2) is 13.1. The normalized spacial score (nSPS) is 14.9. The van der Waals surface area contributed by atoms with E-state index < -0.39 is 0 Å². The van der Waals surface area contributed by atoms with Crippen molar-refractivity contribution in [3.63, 3.8) is 0 Å². The van der Waals surface area contributed by atoms with Gasteiger partial charge in [0.05, 0.1) is 28.7 Å². The maximum atomic E-state index is 6.01. The number of rotatable bonds is 10. The fourth-order valence-electron chi connectivity index (χ4n) is 8.81. The van der Waals surface area contributed by atoms with Crippen molar-refractivity contribution in [2.45, 2.75) is 125 Å². The molecule has 0 fully saturated rings. The zero-order valence-corrected chi connectivity index (χ0v) is 30.4. The Morgan fingerprint density at radius 3 is 1.68 bits per heavy atom. The molecule has 1 aromatic carbocycles. The standard InChI is InChI=1S/C42H54N4O/c1-11-25-26(12-2)35-22-36-29(15-5)30(16-6)40(45-36)32-20-19-31(24(9)47-10)39-41(32)46-38(42(39,17-7)18-8)23-37-28(14-4)27(13-3)34(44-37)21-33(25)43-35/h19-24,43-44H,11-18H2,1-10H3. The number of aryl methyl sites for hydroxylation is 4. The molecule has 4 aromatic rings. The van der Waals surface area contributed by atoms with Gasteiger partial charge in [0.2, 0.25) is 0 Å². The highest BCUT2D eigenvalue weighted by Crippen LogP contribution is 2.49. The van der Waals surface area contributed by atoms with Gasteiger partial charge in [-0.25, -0.2) is 4.98 Å². The first-order valence-electron chi connectivity index (χ1n) is 18.3. The third kappa shape index (κ3) is 4.99. The number of ether oxygens (including phenoxy) is 1. The summed E-state index contributed by atoms with van der Waals surface area (Å²) in [5, 5.41) is 1.14. The smallest absolute Gasteiger partial charge is 0.0796 e. The van der Waals surface area contributed by atoms with Crippen molar-refractivity contribution < 1.29 is 4.74 Å². The van der Waals surface area contributed by atoms with Gasteiger partial charge in [0.15, 0.2) is 0 Å². The fraction of sp³-hybridized carbons (Fsp3) is 0.476. The molecule has 0 spiro atoms. The van der Waals surface area contributed by atoms with Crippen molar-refractivity contribution in [1.29, 1.82) is 0 Å². The Balaban J connectivity index is 1.93. The van der Waals surface area contributed by atoms with Gasteiger partial charge in [0, 0.05) is 40.0 Å². The maximum Gasteiger partial charge on any atom is 0.0796 e. The number of aromatic amines is 2. The van der Waals surface area contributed by atoms with Crippen molar-refractivity contribution in [3.05, 3.63) is 80.8 Å². The van der Waals surface area contributed by atoms with Gasteiger partial charge in [0.25, 0.3) is 0 Å². The first-order valence-corrected chi connectivity index (χ1v) is 18.3. The van der Waals surface area contributed by atoms with Crippen LogP contribution in [0.1, 0.15) is 145 Å². The summed E-state index contributed by atoms with van der Waals surface area (Å²) >= 11 is 0. The largest absolute Gasteiger partial charge is 0.377 e. The molecule has 6 rings (SSSR count). The zero-order valence-electron chi connectivity index (χ0n) is 30.4. The molecule has 3 aromatic heterocycles. The van der Waals surface area contributed by atoms with E-state index in [1.807, 2.05) is 7.11 Å². The number of allylic oxidation sites excluding steroid dienone is 2. The summed E-state index contributed by atoms with van der Waals surface area (Å²) in [5.74, 6) is 0. The van der Waals surface area contributed by atoms with Crippen molar-refractivity contribution in [1.82, 2.24) is 19.9 Å². The number of benzene rings is 1. The number of aromatic nitrogens is 4. The van der Waals surface area contributed by atoms with E-state index >= 15 is 0 Å². The van der Waals surface area contributed by atoms with E-state index in [-0.39, 0.29) is 11.5 Å². The van der Waals surface area contributed by atoms with Crippen molar-refractivity contribution >= 4 is 44.1 Å². The average molecular weight is 631 g/mol. The summed E-state index contributed by atoms with van der Waals surface area (Å²) in [6, 6.07) is 11.6. The number of methoxy groups -OCH3 is 1. The summed E-state index contributed by atoms with van der Waals surface area (Å²) in [7, 11) is 1.82. The lowest BCUT2D eigenvalue weighted by Crippen LogP contribution is -2.26. The summed E-state index contributed by atoms with van der Waals surface area (Å²) in [6.07, 6.45) is 7.62. The van der Waals surface area contributed by atoms with Gasteiger partial charge in [-0.05, 0) is 121 Å². The molecule has 8 bridgehead atoms. The molecule has 0 radical (unpaired) electrons. The van der Waals surface area contributed by atoms with Gasteiger partial charge in [-0.2, -0.15) is 0 Å². The van der Waals surface area contributed by atoms with Crippen LogP contribution in [-0.4, -0.2) is 27.0 Å². The lowest BCUT2D eigenvalue weighted by molar-refractivity contribution is 0.118. The minimum absolute atomic E-state index is 0.0426. The first kappa shape index (κ1) is 33.2. The SMILES string of the molecule is CCC1=C(CC)c2nc1cc1[nH]c(cc3[nH]c(cc4nc5c(c(C(C)OC)ccc25)C4(CC)CC)c(CC)c3CC)c(CC)c1CC. The number of fused-ring (bicyclic) bond motifs is 8. The molecule has 0 aliphatic carbocycles. The van der Waals surface area contributed by atoms with E-state index in [2.05, 4.69) is 103 Å². The average Bonchev–Trinajstić information content (AvgIpc) is 3.81. The molecular weight excluding hydrogens is 576 g/mol. The monoisotopic (exact) mass is 630 g/mol. The van der Waals surface area contributed by atoms with E-state index in [1.165, 1.54) is 66.6 Å².